The van der Waals surface area contributed by atoms with Crippen molar-refractivity contribution in [2.24, 2.45) is 0 Å². The van der Waals surface area contributed by atoms with Crippen LogP contribution in [0.25, 0.3) is 0 Å². The number of sulfonamides is 1. The number of hydrogen-bond donors (Lipinski definition) is 1. The molecule has 0 aromatic carbocycles. The van der Waals surface area contributed by atoms with Gasteiger partial charge in [0, 0.05) is 24.9 Å². The van der Waals surface area contributed by atoms with Gasteiger partial charge < -0.3 is 9.84 Å². The Morgan fingerprint density at radius 2 is 2.19 bits per heavy atom. The van der Waals surface area contributed by atoms with Crippen LogP contribution < -0.4 is 5.32 Å². The minimum atomic E-state index is -3.82. The van der Waals surface area contributed by atoms with E-state index in [9.17, 15) is 13.2 Å². The molecule has 1 fully saturated rings. The van der Waals surface area contributed by atoms with Crippen LogP contribution in [-0.2, 0) is 21.2 Å². The lowest BCUT2D eigenvalue weighted by molar-refractivity contribution is -0.124. The summed E-state index contributed by atoms with van der Waals surface area (Å²) in [6.45, 7) is 5.83. The number of aromatic nitrogens is 2. The van der Waals surface area contributed by atoms with Gasteiger partial charge in [-0.1, -0.05) is 5.16 Å². The molecule has 26 heavy (non-hydrogen) atoms. The molecule has 1 atom stereocenters. The van der Waals surface area contributed by atoms with E-state index in [2.05, 4.69) is 15.5 Å². The van der Waals surface area contributed by atoms with E-state index in [-0.39, 0.29) is 16.6 Å². The van der Waals surface area contributed by atoms with Gasteiger partial charge in [-0.25, -0.2) is 13.4 Å². The highest BCUT2D eigenvalue weighted by molar-refractivity contribution is 7.89. The highest BCUT2D eigenvalue weighted by Crippen LogP contribution is 2.29. The fourth-order valence-electron chi connectivity index (χ4n) is 3.20. The average molecular weight is 399 g/mol. The third kappa shape index (κ3) is 3.67. The van der Waals surface area contributed by atoms with Crippen molar-refractivity contribution in [1.29, 1.82) is 0 Å². The number of amides is 1. The molecule has 1 aliphatic rings. The number of thiazole rings is 1. The van der Waals surface area contributed by atoms with Crippen LogP contribution in [0.2, 0.25) is 0 Å². The molecule has 0 bridgehead atoms. The van der Waals surface area contributed by atoms with E-state index < -0.39 is 16.1 Å². The van der Waals surface area contributed by atoms with Gasteiger partial charge in [0.25, 0.3) is 0 Å². The minimum Gasteiger partial charge on any atom is -0.360 e. The molecule has 0 unspecified atom stereocenters. The Balaban J connectivity index is 1.68. The average Bonchev–Trinajstić information content (AvgIpc) is 3.28. The van der Waals surface area contributed by atoms with Gasteiger partial charge in [-0.3, -0.25) is 4.79 Å². The van der Waals surface area contributed by atoms with Crippen molar-refractivity contribution in [1.82, 2.24) is 19.8 Å². The molecule has 2 aromatic heterocycles. The van der Waals surface area contributed by atoms with Crippen LogP contribution in [-0.4, -0.2) is 47.9 Å². The molecule has 3 rings (SSSR count). The molecule has 0 radical (unpaired) electrons. The highest BCUT2D eigenvalue weighted by atomic mass is 32.2. The van der Waals surface area contributed by atoms with Crippen molar-refractivity contribution in [3.63, 3.8) is 0 Å². The number of rotatable bonds is 6. The molecule has 1 aliphatic heterocycles. The van der Waals surface area contributed by atoms with E-state index in [1.165, 1.54) is 4.31 Å². The van der Waals surface area contributed by atoms with Crippen molar-refractivity contribution in [3.05, 3.63) is 27.5 Å². The van der Waals surface area contributed by atoms with Gasteiger partial charge in [0.15, 0.2) is 5.76 Å². The van der Waals surface area contributed by atoms with Gasteiger partial charge in [-0.15, -0.1) is 11.3 Å². The van der Waals surface area contributed by atoms with Gasteiger partial charge in [-0.05, 0) is 33.6 Å². The Bertz CT molecular complexity index is 884. The van der Waals surface area contributed by atoms with Crippen molar-refractivity contribution in [2.45, 2.75) is 51.0 Å². The Kier molecular flexibility index (Phi) is 5.44. The van der Waals surface area contributed by atoms with E-state index in [0.717, 1.165) is 10.7 Å². The highest BCUT2D eigenvalue weighted by Gasteiger charge is 2.41. The Hall–Kier alpha value is -1.78. The Morgan fingerprint density at radius 1 is 1.42 bits per heavy atom. The Morgan fingerprint density at radius 3 is 2.81 bits per heavy atom. The number of nitrogens with zero attached hydrogens (tertiary/aromatic N) is 3. The third-order valence-electron chi connectivity index (χ3n) is 4.39. The molecule has 1 N–H and O–H groups in total. The van der Waals surface area contributed by atoms with Crippen LogP contribution in [0.15, 0.2) is 14.8 Å². The van der Waals surface area contributed by atoms with Crippen molar-refractivity contribution in [2.75, 3.05) is 13.1 Å². The zero-order valence-electron chi connectivity index (χ0n) is 15.0. The Labute approximate surface area is 156 Å². The lowest BCUT2D eigenvalue weighted by atomic mass is 10.2. The van der Waals surface area contributed by atoms with E-state index in [0.29, 0.717) is 38.0 Å². The fraction of sp³-hybridized carbons (Fsp3) is 0.562. The maximum absolute atomic E-state index is 13.0. The molecule has 0 aliphatic carbocycles. The molecule has 1 saturated heterocycles. The monoisotopic (exact) mass is 398 g/mol. The summed E-state index contributed by atoms with van der Waals surface area (Å²) < 4.78 is 32.2. The molecular weight excluding hydrogens is 376 g/mol. The quantitative estimate of drug-likeness (QED) is 0.792. The number of carbonyl (C=O) groups excluding carboxylic acids is 1. The molecule has 10 heteroatoms. The number of hydrogen-bond acceptors (Lipinski definition) is 7. The first kappa shape index (κ1) is 19.0. The summed E-state index contributed by atoms with van der Waals surface area (Å²) in [4.78, 5) is 17.0. The van der Waals surface area contributed by atoms with Crippen LogP contribution in [0.5, 0.6) is 0 Å². The number of aryl methyl sites for hydroxylation is 3. The van der Waals surface area contributed by atoms with Crippen LogP contribution in [0.4, 0.5) is 0 Å². The van der Waals surface area contributed by atoms with Crippen molar-refractivity contribution < 1.29 is 17.7 Å². The van der Waals surface area contributed by atoms with Crippen molar-refractivity contribution >= 4 is 27.3 Å². The van der Waals surface area contributed by atoms with Gasteiger partial charge in [-0.2, -0.15) is 4.31 Å². The smallest absolute Gasteiger partial charge is 0.249 e. The number of nitrogens with one attached hydrogen (secondary N) is 1. The first-order chi connectivity index (χ1) is 12.3. The van der Waals surface area contributed by atoms with E-state index in [4.69, 9.17) is 4.52 Å². The van der Waals surface area contributed by atoms with Crippen LogP contribution in [0.1, 0.15) is 35.0 Å². The first-order valence-electron chi connectivity index (χ1n) is 8.44. The molecular formula is C16H22N4O4S2. The molecule has 0 saturated carbocycles. The van der Waals surface area contributed by atoms with Crippen LogP contribution >= 0.6 is 11.3 Å². The van der Waals surface area contributed by atoms with Crippen molar-refractivity contribution in [3.8, 4) is 0 Å². The predicted molar refractivity (Wildman–Crippen MR) is 96.5 cm³/mol. The summed E-state index contributed by atoms with van der Waals surface area (Å²) in [5, 5.41) is 9.51. The summed E-state index contributed by atoms with van der Waals surface area (Å²) >= 11 is 1.57. The van der Waals surface area contributed by atoms with Gasteiger partial charge in [0.1, 0.15) is 16.6 Å². The maximum atomic E-state index is 13.0. The number of carbonyl (C=O) groups is 1. The zero-order chi connectivity index (χ0) is 18.9. The lowest BCUT2D eigenvalue weighted by Gasteiger charge is -2.23. The minimum absolute atomic E-state index is 0.0650. The molecule has 1 amide bonds. The van der Waals surface area contributed by atoms with Crippen LogP contribution in [0.3, 0.4) is 0 Å². The summed E-state index contributed by atoms with van der Waals surface area (Å²) in [5.74, 6) is -0.0303. The van der Waals surface area contributed by atoms with Crippen LogP contribution in [0, 0.1) is 20.8 Å². The van der Waals surface area contributed by atoms with E-state index in [1.807, 2.05) is 12.3 Å². The largest absolute Gasteiger partial charge is 0.360 e. The second-order valence-electron chi connectivity index (χ2n) is 6.33. The molecule has 142 valence electrons. The summed E-state index contributed by atoms with van der Waals surface area (Å²) in [6, 6.07) is -0.703. The summed E-state index contributed by atoms with van der Waals surface area (Å²) in [6.07, 6.45) is 1.77. The standard InChI is InChI=1S/C16H22N4O4S2/c1-10-15(11(2)24-19-10)26(22,23)20-8-4-5-14(20)16(21)17-7-6-13-9-25-12(3)18-13/h9,14H,4-8H2,1-3H3,(H,17,21)/t14-/m1/s1. The predicted octanol–water partition coefficient (Wildman–Crippen LogP) is 1.57. The van der Waals surface area contributed by atoms with Gasteiger partial charge >= 0.3 is 0 Å². The van der Waals surface area contributed by atoms with Gasteiger partial charge in [0.2, 0.25) is 15.9 Å². The third-order valence-corrected chi connectivity index (χ3v) is 7.36. The molecule has 8 nitrogen and oxygen atoms in total. The SMILES string of the molecule is Cc1nc(CCNC(=O)[C@H]2CCCN2S(=O)(=O)c2c(C)noc2C)cs1. The summed E-state index contributed by atoms with van der Waals surface area (Å²) in [7, 11) is -3.82. The maximum Gasteiger partial charge on any atom is 0.249 e. The molecule has 0 spiro atoms. The second kappa shape index (κ2) is 7.45. The fourth-order valence-corrected chi connectivity index (χ4v) is 5.80. The molecule has 3 heterocycles. The van der Waals surface area contributed by atoms with Gasteiger partial charge in [0.05, 0.1) is 10.7 Å². The molecule has 2 aromatic rings. The first-order valence-corrected chi connectivity index (χ1v) is 10.8. The van der Waals surface area contributed by atoms with E-state index >= 15 is 0 Å². The topological polar surface area (TPSA) is 105 Å². The van der Waals surface area contributed by atoms with E-state index in [1.54, 1.807) is 25.2 Å². The zero-order valence-corrected chi connectivity index (χ0v) is 16.6. The normalized spacial score (nSPS) is 18.3. The lowest BCUT2D eigenvalue weighted by Crippen LogP contribution is -2.46. The second-order valence-corrected chi connectivity index (χ2v) is 9.22. The summed E-state index contributed by atoms with van der Waals surface area (Å²) in [5.41, 5.74) is 1.24.